The summed E-state index contributed by atoms with van der Waals surface area (Å²) in [5, 5.41) is 8.52. The quantitative estimate of drug-likeness (QED) is 0.344. The van der Waals surface area contributed by atoms with Crippen molar-refractivity contribution < 1.29 is 13.6 Å². The van der Waals surface area contributed by atoms with Crippen molar-refractivity contribution >= 4 is 23.0 Å². The molecule has 162 valence electrons. The van der Waals surface area contributed by atoms with E-state index in [-0.39, 0.29) is 11.7 Å². The minimum atomic E-state index is -0.307. The van der Waals surface area contributed by atoms with Gasteiger partial charge in [0.05, 0.1) is 5.69 Å². The molecule has 6 heteroatoms. The van der Waals surface area contributed by atoms with Crippen molar-refractivity contribution in [3.63, 3.8) is 0 Å². The second-order valence-electron chi connectivity index (χ2n) is 7.54. The van der Waals surface area contributed by atoms with E-state index in [1.54, 1.807) is 22.9 Å². The first-order valence-corrected chi connectivity index (χ1v) is 10.5. The first-order chi connectivity index (χ1) is 16.2. The van der Waals surface area contributed by atoms with Gasteiger partial charge in [-0.25, -0.2) is 9.07 Å². The normalized spacial score (nSPS) is 11.3. The second kappa shape index (κ2) is 8.96. The average molecular weight is 437 g/mol. The highest BCUT2D eigenvalue weighted by molar-refractivity contribution is 5.93. The number of carbonyl (C=O) groups excluding carboxylic acids is 1. The minimum absolute atomic E-state index is 0.262. The fourth-order valence-corrected chi connectivity index (χ4v) is 3.53. The van der Waals surface area contributed by atoms with Gasteiger partial charge in [0, 0.05) is 29.8 Å². The number of hydrogen-bond donors (Lipinski definition) is 1. The molecule has 0 atom stereocenters. The van der Waals surface area contributed by atoms with Crippen LogP contribution in [0.25, 0.3) is 34.2 Å². The van der Waals surface area contributed by atoms with Crippen LogP contribution in [0.3, 0.4) is 0 Å². The Kier molecular flexibility index (Phi) is 5.55. The molecule has 0 aliphatic heterocycles. The zero-order chi connectivity index (χ0) is 22.6. The lowest BCUT2D eigenvalue weighted by atomic mass is 10.1. The molecule has 0 saturated carbocycles. The van der Waals surface area contributed by atoms with Gasteiger partial charge in [-0.3, -0.25) is 4.79 Å². The van der Waals surface area contributed by atoms with Crippen molar-refractivity contribution in [3.8, 4) is 17.1 Å². The van der Waals surface area contributed by atoms with Crippen LogP contribution in [-0.2, 0) is 11.3 Å². The first-order valence-electron chi connectivity index (χ1n) is 10.5. The Morgan fingerprint density at radius 3 is 2.55 bits per heavy atom. The first kappa shape index (κ1) is 20.5. The van der Waals surface area contributed by atoms with E-state index in [0.717, 1.165) is 27.8 Å². The predicted octanol–water partition coefficient (Wildman–Crippen LogP) is 5.75. The van der Waals surface area contributed by atoms with E-state index >= 15 is 0 Å². The zero-order valence-electron chi connectivity index (χ0n) is 17.6. The number of nitrogens with one attached hydrogen (secondary N) is 1. The molecule has 0 radical (unpaired) electrons. The number of hydrogen-bond acceptors (Lipinski definition) is 3. The zero-order valence-corrected chi connectivity index (χ0v) is 17.6. The molecule has 1 amide bonds. The standard InChI is InChI=1S/C27H20FN3O2/c28-22-13-10-19(11-14-22)17-29-26(32)15-12-21-18-31(23-7-2-1-3-8-23)30-27(21)25-16-20-6-4-5-9-24(20)33-25/h1-16,18H,17H2,(H,29,32). The van der Waals surface area contributed by atoms with Crippen molar-refractivity contribution in [2.45, 2.75) is 6.54 Å². The predicted molar refractivity (Wildman–Crippen MR) is 126 cm³/mol. The molecule has 0 aliphatic carbocycles. The van der Waals surface area contributed by atoms with Gasteiger partial charge in [-0.1, -0.05) is 48.5 Å². The fraction of sp³-hybridized carbons (Fsp3) is 0.0370. The van der Waals surface area contributed by atoms with Crippen LogP contribution in [-0.4, -0.2) is 15.7 Å². The number of aromatic nitrogens is 2. The third-order valence-corrected chi connectivity index (χ3v) is 5.22. The van der Waals surface area contributed by atoms with Crippen LogP contribution in [0.1, 0.15) is 11.1 Å². The molecule has 5 aromatic rings. The summed E-state index contributed by atoms with van der Waals surface area (Å²) in [5.41, 5.74) is 3.87. The summed E-state index contributed by atoms with van der Waals surface area (Å²) in [6, 6.07) is 25.5. The SMILES string of the molecule is O=C(C=Cc1cn(-c2ccccc2)nc1-c1cc2ccccc2o1)NCc1ccc(F)cc1. The van der Waals surface area contributed by atoms with Crippen LogP contribution in [0, 0.1) is 5.82 Å². The maximum absolute atomic E-state index is 13.1. The Hall–Kier alpha value is -4.45. The molecule has 2 aromatic heterocycles. The monoisotopic (exact) mass is 437 g/mol. The molecule has 33 heavy (non-hydrogen) atoms. The van der Waals surface area contributed by atoms with E-state index in [9.17, 15) is 9.18 Å². The molecule has 0 unspecified atom stereocenters. The van der Waals surface area contributed by atoms with Crippen molar-refractivity contribution in [1.29, 1.82) is 0 Å². The van der Waals surface area contributed by atoms with Crippen molar-refractivity contribution in [3.05, 3.63) is 114 Å². The van der Waals surface area contributed by atoms with Gasteiger partial charge in [-0.05, 0) is 48.0 Å². The molecule has 3 aromatic carbocycles. The van der Waals surface area contributed by atoms with Gasteiger partial charge < -0.3 is 9.73 Å². The lowest BCUT2D eigenvalue weighted by Gasteiger charge is -2.02. The molecular formula is C27H20FN3O2. The number of fused-ring (bicyclic) bond motifs is 1. The van der Waals surface area contributed by atoms with Gasteiger partial charge in [0.25, 0.3) is 0 Å². The van der Waals surface area contributed by atoms with Gasteiger partial charge in [0.1, 0.15) is 17.1 Å². The van der Waals surface area contributed by atoms with Crippen LogP contribution < -0.4 is 5.32 Å². The number of benzene rings is 3. The molecule has 5 nitrogen and oxygen atoms in total. The summed E-state index contributed by atoms with van der Waals surface area (Å²) in [6.45, 7) is 0.309. The van der Waals surface area contributed by atoms with Gasteiger partial charge in [-0.15, -0.1) is 0 Å². The Bertz CT molecular complexity index is 1400. The van der Waals surface area contributed by atoms with Crippen molar-refractivity contribution in [2.75, 3.05) is 0 Å². The van der Waals surface area contributed by atoms with Gasteiger partial charge in [-0.2, -0.15) is 5.10 Å². The summed E-state index contributed by atoms with van der Waals surface area (Å²) < 4.78 is 20.8. The third kappa shape index (κ3) is 4.60. The number of furan rings is 1. The van der Waals surface area contributed by atoms with E-state index in [0.29, 0.717) is 18.0 Å². The molecule has 0 saturated heterocycles. The lowest BCUT2D eigenvalue weighted by molar-refractivity contribution is -0.116. The van der Waals surface area contributed by atoms with Crippen molar-refractivity contribution in [1.82, 2.24) is 15.1 Å². The maximum atomic E-state index is 13.1. The summed E-state index contributed by atoms with van der Waals surface area (Å²) >= 11 is 0. The number of amides is 1. The third-order valence-electron chi connectivity index (χ3n) is 5.22. The molecule has 0 bridgehead atoms. The van der Waals surface area contributed by atoms with Gasteiger partial charge in [0.15, 0.2) is 5.76 Å². The van der Waals surface area contributed by atoms with E-state index in [2.05, 4.69) is 5.32 Å². The number of halogens is 1. The summed E-state index contributed by atoms with van der Waals surface area (Å²) in [6.07, 6.45) is 5.04. The Morgan fingerprint density at radius 2 is 1.76 bits per heavy atom. The van der Waals surface area contributed by atoms with E-state index in [4.69, 9.17) is 9.52 Å². The van der Waals surface area contributed by atoms with Crippen LogP contribution in [0.4, 0.5) is 4.39 Å². The minimum Gasteiger partial charge on any atom is -0.454 e. The fourth-order valence-electron chi connectivity index (χ4n) is 3.53. The number of nitrogens with zero attached hydrogens (tertiary/aromatic N) is 2. The smallest absolute Gasteiger partial charge is 0.244 e. The summed E-state index contributed by atoms with van der Waals surface area (Å²) in [5.74, 6) is 0.0538. The highest BCUT2D eigenvalue weighted by Crippen LogP contribution is 2.30. The molecule has 0 aliphatic rings. The largest absolute Gasteiger partial charge is 0.454 e. The second-order valence-corrected chi connectivity index (χ2v) is 7.54. The molecule has 2 heterocycles. The molecule has 0 fully saturated rings. The summed E-state index contributed by atoms with van der Waals surface area (Å²) in [4.78, 5) is 12.4. The van der Waals surface area contributed by atoms with E-state index in [1.165, 1.54) is 18.2 Å². The van der Waals surface area contributed by atoms with Crippen LogP contribution >= 0.6 is 0 Å². The average Bonchev–Trinajstić information content (AvgIpc) is 3.47. The lowest BCUT2D eigenvalue weighted by Crippen LogP contribution is -2.20. The van der Waals surface area contributed by atoms with Gasteiger partial charge in [0.2, 0.25) is 5.91 Å². The molecule has 1 N–H and O–H groups in total. The summed E-state index contributed by atoms with van der Waals surface area (Å²) in [7, 11) is 0. The van der Waals surface area contributed by atoms with Crippen LogP contribution in [0.5, 0.6) is 0 Å². The number of rotatable bonds is 6. The van der Waals surface area contributed by atoms with Crippen molar-refractivity contribution in [2.24, 2.45) is 0 Å². The van der Waals surface area contributed by atoms with E-state index in [1.807, 2.05) is 66.9 Å². The Morgan fingerprint density at radius 1 is 1.00 bits per heavy atom. The van der Waals surface area contributed by atoms with E-state index < -0.39 is 0 Å². The Labute approximate surface area is 189 Å². The Balaban J connectivity index is 1.43. The number of para-hydroxylation sites is 2. The molecule has 0 spiro atoms. The number of carbonyl (C=O) groups is 1. The molecular weight excluding hydrogens is 417 g/mol. The highest BCUT2D eigenvalue weighted by atomic mass is 19.1. The topological polar surface area (TPSA) is 60.1 Å². The highest BCUT2D eigenvalue weighted by Gasteiger charge is 2.15. The van der Waals surface area contributed by atoms with Crippen LogP contribution in [0.15, 0.2) is 102 Å². The molecule has 5 rings (SSSR count). The van der Waals surface area contributed by atoms with Gasteiger partial charge >= 0.3 is 0 Å². The van der Waals surface area contributed by atoms with Crippen LogP contribution in [0.2, 0.25) is 0 Å². The maximum Gasteiger partial charge on any atom is 0.244 e.